The van der Waals surface area contributed by atoms with Crippen LogP contribution in [-0.2, 0) is 11.3 Å². The molecule has 0 saturated heterocycles. The fraction of sp³-hybridized carbons (Fsp3) is 0.300. The number of carbonyl (C=O) groups is 2. The largest absolute Gasteiger partial charge is 0.337 e. The van der Waals surface area contributed by atoms with Gasteiger partial charge in [0, 0.05) is 18.8 Å². The highest BCUT2D eigenvalue weighted by atomic mass is 35.5. The molecular weight excluding hydrogens is 364 g/mol. The molecule has 27 heavy (non-hydrogen) atoms. The Kier molecular flexibility index (Phi) is 9.93. The number of halogens is 1. The van der Waals surface area contributed by atoms with Gasteiger partial charge in [-0.25, -0.2) is 4.79 Å². The average Bonchev–Trinajstić information content (AvgIpc) is 2.66. The van der Waals surface area contributed by atoms with Crippen LogP contribution in [0.5, 0.6) is 0 Å². The van der Waals surface area contributed by atoms with Crippen LogP contribution in [0.25, 0.3) is 0 Å². The molecule has 1 unspecified atom stereocenters. The van der Waals surface area contributed by atoms with Gasteiger partial charge < -0.3 is 21.3 Å². The van der Waals surface area contributed by atoms with Gasteiger partial charge in [0.25, 0.3) is 0 Å². The zero-order valence-electron chi connectivity index (χ0n) is 15.4. The second-order valence-electron chi connectivity index (χ2n) is 6.07. The smallest absolute Gasteiger partial charge is 0.319 e. The number of amides is 3. The van der Waals surface area contributed by atoms with Gasteiger partial charge in [-0.2, -0.15) is 0 Å². The molecule has 0 saturated carbocycles. The van der Waals surface area contributed by atoms with Gasteiger partial charge in [0.15, 0.2) is 0 Å². The predicted molar refractivity (Wildman–Crippen MR) is 111 cm³/mol. The van der Waals surface area contributed by atoms with Crippen molar-refractivity contribution in [2.75, 3.05) is 18.4 Å². The molecule has 7 heteroatoms. The maximum absolute atomic E-state index is 12.8. The quantitative estimate of drug-likeness (QED) is 0.647. The summed E-state index contributed by atoms with van der Waals surface area (Å²) < 4.78 is 0. The number of benzene rings is 2. The summed E-state index contributed by atoms with van der Waals surface area (Å²) in [6.45, 7) is 3.24. The lowest BCUT2D eigenvalue weighted by atomic mass is 10.2. The third kappa shape index (κ3) is 7.68. The van der Waals surface area contributed by atoms with Crippen molar-refractivity contribution in [3.8, 4) is 0 Å². The molecular formula is C20H27ClN4O2. The summed E-state index contributed by atoms with van der Waals surface area (Å²) in [5.41, 5.74) is 7.31. The highest BCUT2D eigenvalue weighted by Gasteiger charge is 2.22. The molecule has 0 aliphatic rings. The number of nitrogens with zero attached hydrogens (tertiary/aromatic N) is 1. The van der Waals surface area contributed by atoms with Crippen LogP contribution in [0, 0.1) is 0 Å². The fourth-order valence-corrected chi connectivity index (χ4v) is 2.57. The molecule has 6 nitrogen and oxygen atoms in total. The topological polar surface area (TPSA) is 87.5 Å². The Hall–Kier alpha value is -2.57. The van der Waals surface area contributed by atoms with Crippen molar-refractivity contribution in [2.45, 2.75) is 25.9 Å². The normalized spacial score (nSPS) is 11.0. The van der Waals surface area contributed by atoms with Crippen molar-refractivity contribution < 1.29 is 9.59 Å². The van der Waals surface area contributed by atoms with Gasteiger partial charge in [-0.05, 0) is 37.6 Å². The van der Waals surface area contributed by atoms with Crippen LogP contribution in [-0.4, -0.2) is 36.0 Å². The maximum atomic E-state index is 12.8. The van der Waals surface area contributed by atoms with Crippen molar-refractivity contribution in [1.29, 1.82) is 0 Å². The predicted octanol–water partition coefficient (Wildman–Crippen LogP) is 3.00. The van der Waals surface area contributed by atoms with Crippen LogP contribution >= 0.6 is 12.4 Å². The Bertz CT molecular complexity index is 698. The lowest BCUT2D eigenvalue weighted by Crippen LogP contribution is -2.48. The zero-order valence-corrected chi connectivity index (χ0v) is 16.2. The summed E-state index contributed by atoms with van der Waals surface area (Å²) in [7, 11) is 0. The van der Waals surface area contributed by atoms with E-state index in [0.717, 1.165) is 5.56 Å². The lowest BCUT2D eigenvalue weighted by Gasteiger charge is -2.26. The van der Waals surface area contributed by atoms with Crippen LogP contribution in [0.4, 0.5) is 10.5 Å². The minimum atomic E-state index is -0.639. The fourth-order valence-electron chi connectivity index (χ4n) is 2.57. The first kappa shape index (κ1) is 22.5. The van der Waals surface area contributed by atoms with Crippen molar-refractivity contribution >= 4 is 30.0 Å². The van der Waals surface area contributed by atoms with Crippen molar-refractivity contribution in [3.63, 3.8) is 0 Å². The van der Waals surface area contributed by atoms with Gasteiger partial charge in [0.2, 0.25) is 5.91 Å². The number of hydrogen-bond acceptors (Lipinski definition) is 3. The molecule has 0 spiro atoms. The number of nitrogens with two attached hydrogens (primary N) is 1. The molecule has 0 aliphatic heterocycles. The third-order valence-corrected chi connectivity index (χ3v) is 3.91. The minimum absolute atomic E-state index is 0. The molecule has 0 aliphatic carbocycles. The Morgan fingerprint density at radius 1 is 1.04 bits per heavy atom. The maximum Gasteiger partial charge on any atom is 0.319 e. The number of anilines is 1. The third-order valence-electron chi connectivity index (χ3n) is 3.91. The number of hydrogen-bond donors (Lipinski definition) is 3. The first-order valence-electron chi connectivity index (χ1n) is 8.75. The van der Waals surface area contributed by atoms with E-state index >= 15 is 0 Å². The number of para-hydroxylation sites is 1. The van der Waals surface area contributed by atoms with Gasteiger partial charge >= 0.3 is 6.03 Å². The summed E-state index contributed by atoms with van der Waals surface area (Å²) >= 11 is 0. The van der Waals surface area contributed by atoms with Gasteiger partial charge in [0.05, 0.1) is 0 Å². The van der Waals surface area contributed by atoms with E-state index in [9.17, 15) is 9.59 Å². The molecule has 0 fully saturated rings. The molecule has 3 amide bonds. The van der Waals surface area contributed by atoms with E-state index < -0.39 is 12.1 Å². The van der Waals surface area contributed by atoms with E-state index in [2.05, 4.69) is 10.6 Å². The van der Waals surface area contributed by atoms with E-state index in [4.69, 9.17) is 5.73 Å². The molecule has 2 rings (SSSR count). The summed E-state index contributed by atoms with van der Waals surface area (Å²) in [6.07, 6.45) is 0.710. The monoisotopic (exact) mass is 390 g/mol. The Labute approximate surface area is 166 Å². The van der Waals surface area contributed by atoms with Crippen LogP contribution in [0.2, 0.25) is 0 Å². The Morgan fingerprint density at radius 2 is 1.63 bits per heavy atom. The van der Waals surface area contributed by atoms with E-state index in [1.165, 1.54) is 0 Å². The average molecular weight is 391 g/mol. The second kappa shape index (κ2) is 11.9. The zero-order chi connectivity index (χ0) is 18.8. The SMILES string of the molecule is CC(NC(=O)Nc1ccccc1)C(=O)N(CCCN)Cc1ccccc1.Cl. The first-order valence-corrected chi connectivity index (χ1v) is 8.75. The molecule has 1 atom stereocenters. The van der Waals surface area contributed by atoms with Crippen LogP contribution in [0.3, 0.4) is 0 Å². The second-order valence-corrected chi connectivity index (χ2v) is 6.07. The van der Waals surface area contributed by atoms with Crippen LogP contribution in [0.15, 0.2) is 60.7 Å². The molecule has 0 radical (unpaired) electrons. The molecule has 2 aromatic rings. The molecule has 146 valence electrons. The summed E-state index contributed by atoms with van der Waals surface area (Å²) in [6, 6.07) is 17.8. The van der Waals surface area contributed by atoms with E-state index in [0.29, 0.717) is 31.7 Å². The lowest BCUT2D eigenvalue weighted by molar-refractivity contribution is -0.133. The van der Waals surface area contributed by atoms with Gasteiger partial charge in [-0.3, -0.25) is 4.79 Å². The number of urea groups is 1. The van der Waals surface area contributed by atoms with E-state index in [1.54, 1.807) is 24.0 Å². The van der Waals surface area contributed by atoms with Crippen molar-refractivity contribution in [2.24, 2.45) is 5.73 Å². The summed E-state index contributed by atoms with van der Waals surface area (Å²) in [5.74, 6) is -0.134. The molecule has 0 aromatic heterocycles. The highest BCUT2D eigenvalue weighted by Crippen LogP contribution is 2.08. The summed E-state index contributed by atoms with van der Waals surface area (Å²) in [4.78, 5) is 26.6. The number of carbonyl (C=O) groups excluding carboxylic acids is 2. The van der Waals surface area contributed by atoms with Gasteiger partial charge in [-0.1, -0.05) is 48.5 Å². The van der Waals surface area contributed by atoms with Crippen LogP contribution < -0.4 is 16.4 Å². The van der Waals surface area contributed by atoms with Crippen LogP contribution in [0.1, 0.15) is 18.9 Å². The highest BCUT2D eigenvalue weighted by molar-refractivity contribution is 5.93. The van der Waals surface area contributed by atoms with E-state index in [-0.39, 0.29) is 18.3 Å². The molecule has 0 bridgehead atoms. The standard InChI is InChI=1S/C20H26N4O2.ClH/c1-16(22-20(26)23-18-11-6-3-7-12-18)19(25)24(14-8-13-21)15-17-9-4-2-5-10-17;/h2-7,9-12,16H,8,13-15,21H2,1H3,(H2,22,23,26);1H. The van der Waals surface area contributed by atoms with Crippen molar-refractivity contribution in [1.82, 2.24) is 10.2 Å². The van der Waals surface area contributed by atoms with Gasteiger partial charge in [0.1, 0.15) is 6.04 Å². The molecule has 4 N–H and O–H groups in total. The minimum Gasteiger partial charge on any atom is -0.337 e. The number of rotatable bonds is 8. The number of nitrogens with one attached hydrogen (secondary N) is 2. The molecule has 2 aromatic carbocycles. The summed E-state index contributed by atoms with van der Waals surface area (Å²) in [5, 5.41) is 5.42. The van der Waals surface area contributed by atoms with Crippen molar-refractivity contribution in [3.05, 3.63) is 66.2 Å². The van der Waals surface area contributed by atoms with Gasteiger partial charge in [-0.15, -0.1) is 12.4 Å². The molecule has 0 heterocycles. The van der Waals surface area contributed by atoms with E-state index in [1.807, 2.05) is 48.5 Å². The first-order chi connectivity index (χ1) is 12.6. The Balaban J connectivity index is 0.00000364. The Morgan fingerprint density at radius 3 is 2.22 bits per heavy atom.